The fourth-order valence-electron chi connectivity index (χ4n) is 1.76. The van der Waals surface area contributed by atoms with Gasteiger partial charge >= 0.3 is 5.97 Å². The molecule has 20 heavy (non-hydrogen) atoms. The van der Waals surface area contributed by atoms with Crippen LogP contribution < -0.4 is 4.74 Å². The van der Waals surface area contributed by atoms with E-state index in [1.54, 1.807) is 0 Å². The molecule has 3 N–H and O–H groups in total. The minimum absolute atomic E-state index is 0.0633. The van der Waals surface area contributed by atoms with Gasteiger partial charge in [0.2, 0.25) is 0 Å². The number of carboxylic acid groups (broad SMARTS) is 1. The summed E-state index contributed by atoms with van der Waals surface area (Å²) in [7, 11) is 0. The molecular formula is C14H10O6. The topological polar surface area (TPSA) is 104 Å². The third kappa shape index (κ3) is 2.54. The summed E-state index contributed by atoms with van der Waals surface area (Å²) >= 11 is 0. The molecule has 0 amide bonds. The first kappa shape index (κ1) is 13.4. The molecule has 0 aromatic heterocycles. The molecule has 2 aromatic carbocycles. The van der Waals surface area contributed by atoms with Gasteiger partial charge in [0.15, 0.2) is 0 Å². The standard InChI is InChI=1S/C14H10O6/c15-7-20-9-2-4-11(13(17)6-9)10-3-1-8(14(18)19)5-12(10)16/h1-7,16-17H,(H,18,19). The van der Waals surface area contributed by atoms with Crippen LogP contribution in [0.3, 0.4) is 0 Å². The van der Waals surface area contributed by atoms with Crippen molar-refractivity contribution in [3.05, 3.63) is 42.0 Å². The van der Waals surface area contributed by atoms with Gasteiger partial charge in [-0.15, -0.1) is 0 Å². The quantitative estimate of drug-likeness (QED) is 0.736. The Morgan fingerprint density at radius 2 is 1.60 bits per heavy atom. The summed E-state index contributed by atoms with van der Waals surface area (Å²) in [6.45, 7) is 0.230. The van der Waals surface area contributed by atoms with Crippen molar-refractivity contribution < 1.29 is 29.6 Å². The Hall–Kier alpha value is -3.02. The Balaban J connectivity index is 2.46. The molecule has 0 aliphatic carbocycles. The van der Waals surface area contributed by atoms with Crippen molar-refractivity contribution in [3.8, 4) is 28.4 Å². The van der Waals surface area contributed by atoms with E-state index in [0.29, 0.717) is 0 Å². The normalized spacial score (nSPS) is 10.0. The van der Waals surface area contributed by atoms with Crippen LogP contribution in [-0.2, 0) is 4.79 Å². The third-order valence-corrected chi connectivity index (χ3v) is 2.69. The van der Waals surface area contributed by atoms with Gasteiger partial charge in [-0.25, -0.2) is 4.79 Å². The maximum absolute atomic E-state index is 10.8. The highest BCUT2D eigenvalue weighted by Gasteiger charge is 2.13. The molecule has 6 heteroatoms. The fourth-order valence-corrected chi connectivity index (χ4v) is 1.76. The molecule has 0 saturated carbocycles. The number of carbonyl (C=O) groups is 2. The van der Waals surface area contributed by atoms with E-state index in [0.717, 1.165) is 6.07 Å². The van der Waals surface area contributed by atoms with Gasteiger partial charge < -0.3 is 20.1 Å². The van der Waals surface area contributed by atoms with Crippen molar-refractivity contribution >= 4 is 12.4 Å². The van der Waals surface area contributed by atoms with Crippen LogP contribution in [0, 0.1) is 0 Å². The summed E-state index contributed by atoms with van der Waals surface area (Å²) in [4.78, 5) is 21.0. The number of ether oxygens (including phenoxy) is 1. The first-order chi connectivity index (χ1) is 9.52. The second-order valence-corrected chi connectivity index (χ2v) is 3.93. The fraction of sp³-hybridized carbons (Fsp3) is 0. The number of rotatable bonds is 4. The number of aromatic carboxylic acids is 1. The maximum Gasteiger partial charge on any atom is 0.335 e. The van der Waals surface area contributed by atoms with Gasteiger partial charge in [0.25, 0.3) is 6.47 Å². The van der Waals surface area contributed by atoms with Gasteiger partial charge in [-0.1, -0.05) is 0 Å². The van der Waals surface area contributed by atoms with E-state index in [1.165, 1.54) is 30.3 Å². The summed E-state index contributed by atoms with van der Waals surface area (Å²) in [6.07, 6.45) is 0. The summed E-state index contributed by atoms with van der Waals surface area (Å²) in [6, 6.07) is 7.89. The lowest BCUT2D eigenvalue weighted by molar-refractivity contribution is -0.120. The van der Waals surface area contributed by atoms with E-state index in [2.05, 4.69) is 4.74 Å². The SMILES string of the molecule is O=COc1ccc(-c2ccc(C(=O)O)cc2O)c(O)c1. The molecule has 2 aromatic rings. The van der Waals surface area contributed by atoms with E-state index in [9.17, 15) is 19.8 Å². The van der Waals surface area contributed by atoms with Crippen LogP contribution in [0.5, 0.6) is 17.2 Å². The Morgan fingerprint density at radius 3 is 2.10 bits per heavy atom. The van der Waals surface area contributed by atoms with Crippen LogP contribution in [0.25, 0.3) is 11.1 Å². The number of hydrogen-bond donors (Lipinski definition) is 3. The van der Waals surface area contributed by atoms with Crippen LogP contribution in [0.1, 0.15) is 10.4 Å². The summed E-state index contributed by atoms with van der Waals surface area (Å²) in [5.74, 6) is -1.49. The molecule has 0 atom stereocenters. The third-order valence-electron chi connectivity index (χ3n) is 2.69. The first-order valence-corrected chi connectivity index (χ1v) is 5.53. The molecule has 6 nitrogen and oxygen atoms in total. The monoisotopic (exact) mass is 274 g/mol. The van der Waals surface area contributed by atoms with Crippen LogP contribution >= 0.6 is 0 Å². The minimum atomic E-state index is -1.16. The van der Waals surface area contributed by atoms with Crippen molar-refractivity contribution in [1.82, 2.24) is 0 Å². The number of carbonyl (C=O) groups excluding carboxylic acids is 1. The zero-order valence-electron chi connectivity index (χ0n) is 10.1. The second kappa shape index (κ2) is 5.31. The average molecular weight is 274 g/mol. The van der Waals surface area contributed by atoms with Crippen molar-refractivity contribution in [2.24, 2.45) is 0 Å². The van der Waals surface area contributed by atoms with Crippen molar-refractivity contribution in [3.63, 3.8) is 0 Å². The van der Waals surface area contributed by atoms with E-state index in [-0.39, 0.29) is 40.4 Å². The van der Waals surface area contributed by atoms with Crippen LogP contribution in [0.15, 0.2) is 36.4 Å². The average Bonchev–Trinajstić information content (AvgIpc) is 2.40. The van der Waals surface area contributed by atoms with Crippen molar-refractivity contribution in [2.45, 2.75) is 0 Å². The number of phenols is 2. The van der Waals surface area contributed by atoms with Crippen LogP contribution in [0.2, 0.25) is 0 Å². The Kier molecular flexibility index (Phi) is 3.56. The predicted octanol–water partition coefficient (Wildman–Crippen LogP) is 2.00. The van der Waals surface area contributed by atoms with Crippen molar-refractivity contribution in [2.75, 3.05) is 0 Å². The van der Waals surface area contributed by atoms with Gasteiger partial charge in [0.05, 0.1) is 5.56 Å². The van der Waals surface area contributed by atoms with Crippen LogP contribution in [-0.4, -0.2) is 27.8 Å². The molecule has 0 radical (unpaired) electrons. The molecule has 0 heterocycles. The molecule has 0 aliphatic heterocycles. The highest BCUT2D eigenvalue weighted by Crippen LogP contribution is 2.37. The Labute approximate surface area is 113 Å². The number of benzene rings is 2. The smallest absolute Gasteiger partial charge is 0.335 e. The van der Waals surface area contributed by atoms with Crippen molar-refractivity contribution in [1.29, 1.82) is 0 Å². The van der Waals surface area contributed by atoms with Gasteiger partial charge in [-0.2, -0.15) is 0 Å². The highest BCUT2D eigenvalue weighted by atomic mass is 16.5. The Bertz CT molecular complexity index is 677. The largest absolute Gasteiger partial charge is 0.507 e. The number of aromatic hydroxyl groups is 2. The molecule has 0 bridgehead atoms. The van der Waals surface area contributed by atoms with Crippen LogP contribution in [0.4, 0.5) is 0 Å². The molecule has 102 valence electrons. The van der Waals surface area contributed by atoms with Gasteiger partial charge in [-0.3, -0.25) is 4.79 Å². The summed E-state index contributed by atoms with van der Waals surface area (Å²) in [5.41, 5.74) is 0.495. The van der Waals surface area contributed by atoms with E-state index in [4.69, 9.17) is 5.11 Å². The molecule has 0 fully saturated rings. The zero-order chi connectivity index (χ0) is 14.7. The first-order valence-electron chi connectivity index (χ1n) is 5.53. The lowest BCUT2D eigenvalue weighted by atomic mass is 10.0. The highest BCUT2D eigenvalue weighted by molar-refractivity contribution is 5.90. The van der Waals surface area contributed by atoms with Gasteiger partial charge in [0, 0.05) is 17.2 Å². The molecule has 0 saturated heterocycles. The van der Waals surface area contributed by atoms with E-state index >= 15 is 0 Å². The summed E-state index contributed by atoms with van der Waals surface area (Å²) < 4.78 is 4.58. The lowest BCUT2D eigenvalue weighted by Crippen LogP contribution is -1.95. The van der Waals surface area contributed by atoms with E-state index in [1.807, 2.05) is 0 Å². The molecular weight excluding hydrogens is 264 g/mol. The molecule has 0 unspecified atom stereocenters. The zero-order valence-corrected chi connectivity index (χ0v) is 10.1. The predicted molar refractivity (Wildman–Crippen MR) is 68.9 cm³/mol. The number of hydrogen-bond acceptors (Lipinski definition) is 5. The maximum atomic E-state index is 10.8. The summed E-state index contributed by atoms with van der Waals surface area (Å²) in [5, 5.41) is 28.5. The van der Waals surface area contributed by atoms with E-state index < -0.39 is 5.97 Å². The number of phenolic OH excluding ortho intramolecular Hbond substituents is 2. The molecule has 2 rings (SSSR count). The second-order valence-electron chi connectivity index (χ2n) is 3.93. The van der Waals surface area contributed by atoms with Gasteiger partial charge in [0.1, 0.15) is 17.2 Å². The molecule has 0 aliphatic rings. The molecule has 0 spiro atoms. The van der Waals surface area contributed by atoms with Gasteiger partial charge in [-0.05, 0) is 30.3 Å². The Morgan fingerprint density at radius 1 is 1.00 bits per heavy atom. The lowest BCUT2D eigenvalue weighted by Gasteiger charge is -2.09. The minimum Gasteiger partial charge on any atom is -0.507 e. The number of carboxylic acids is 1.